The lowest BCUT2D eigenvalue weighted by atomic mass is 10.2. The van der Waals surface area contributed by atoms with E-state index in [0.29, 0.717) is 11.8 Å². The van der Waals surface area contributed by atoms with Crippen molar-refractivity contribution >= 4 is 12.2 Å². The molecule has 1 aromatic carbocycles. The molecule has 3 aromatic rings. The Bertz CT molecular complexity index is 697. The third-order valence-electron chi connectivity index (χ3n) is 2.71. The topological polar surface area (TPSA) is 61.3 Å². The number of nitrogens with zero attached hydrogens (tertiary/aromatic N) is 2. The summed E-state index contributed by atoms with van der Waals surface area (Å²) >= 11 is 0. The first-order valence-electron chi connectivity index (χ1n) is 6.05. The van der Waals surface area contributed by atoms with Gasteiger partial charge in [-0.3, -0.25) is 0 Å². The highest BCUT2D eigenvalue weighted by Crippen LogP contribution is 2.21. The molecule has 3 rings (SSSR count). The molecule has 0 radical (unpaired) electrons. The third kappa shape index (κ3) is 2.61. The molecule has 20 heavy (non-hydrogen) atoms. The van der Waals surface area contributed by atoms with E-state index in [0.717, 1.165) is 17.1 Å². The molecule has 0 amide bonds. The van der Waals surface area contributed by atoms with Crippen molar-refractivity contribution in [3.8, 4) is 17.2 Å². The Hall–Kier alpha value is -2.82. The summed E-state index contributed by atoms with van der Waals surface area (Å²) in [5.74, 6) is 2.40. The molecule has 0 N–H and O–H groups in total. The fourth-order valence-electron chi connectivity index (χ4n) is 1.69. The molecule has 5 nitrogen and oxygen atoms in total. The highest BCUT2D eigenvalue weighted by molar-refractivity contribution is 5.63. The molecular formula is C15H12N2O3. The molecule has 0 saturated carbocycles. The Kier molecular flexibility index (Phi) is 3.33. The van der Waals surface area contributed by atoms with Gasteiger partial charge in [-0.25, -0.2) is 0 Å². The average molecular weight is 268 g/mol. The Morgan fingerprint density at radius 1 is 1.05 bits per heavy atom. The normalized spacial score (nSPS) is 11.1. The molecule has 2 heterocycles. The van der Waals surface area contributed by atoms with Crippen molar-refractivity contribution in [3.05, 3.63) is 54.3 Å². The minimum absolute atomic E-state index is 0.423. The van der Waals surface area contributed by atoms with Crippen molar-refractivity contribution in [3.63, 3.8) is 0 Å². The van der Waals surface area contributed by atoms with Crippen LogP contribution < -0.4 is 4.74 Å². The predicted octanol–water partition coefficient (Wildman–Crippen LogP) is 3.51. The molecule has 0 atom stereocenters. The SMILES string of the molecule is COc1ccc(-c2nnc(/C=C/c3ccco3)o2)cc1. The molecule has 0 aliphatic rings. The molecule has 0 bridgehead atoms. The van der Waals surface area contributed by atoms with Gasteiger partial charge in [0.2, 0.25) is 11.8 Å². The van der Waals surface area contributed by atoms with Crippen molar-refractivity contribution in [1.82, 2.24) is 10.2 Å². The number of hydrogen-bond acceptors (Lipinski definition) is 5. The second kappa shape index (κ2) is 5.44. The Labute approximate surface area is 115 Å². The number of ether oxygens (including phenoxy) is 1. The zero-order valence-electron chi connectivity index (χ0n) is 10.8. The highest BCUT2D eigenvalue weighted by Gasteiger charge is 2.06. The molecule has 0 unspecified atom stereocenters. The van der Waals surface area contributed by atoms with E-state index in [4.69, 9.17) is 13.6 Å². The lowest BCUT2D eigenvalue weighted by Crippen LogP contribution is -1.82. The first-order valence-corrected chi connectivity index (χ1v) is 6.05. The second-order valence-corrected chi connectivity index (χ2v) is 4.02. The van der Waals surface area contributed by atoms with E-state index in [9.17, 15) is 0 Å². The average Bonchev–Trinajstić information content (AvgIpc) is 3.17. The lowest BCUT2D eigenvalue weighted by molar-refractivity contribution is 0.415. The smallest absolute Gasteiger partial charge is 0.248 e. The van der Waals surface area contributed by atoms with Gasteiger partial charge in [-0.2, -0.15) is 0 Å². The van der Waals surface area contributed by atoms with Gasteiger partial charge in [-0.15, -0.1) is 10.2 Å². The standard InChI is InChI=1S/C15H12N2O3/c1-18-12-6-4-11(5-7-12)15-17-16-14(20-15)9-8-13-3-2-10-19-13/h2-10H,1H3/b9-8+. The minimum Gasteiger partial charge on any atom is -0.497 e. The molecule has 0 saturated heterocycles. The molecule has 0 fully saturated rings. The summed E-state index contributed by atoms with van der Waals surface area (Å²) < 4.78 is 15.8. The predicted molar refractivity (Wildman–Crippen MR) is 73.9 cm³/mol. The van der Waals surface area contributed by atoms with Gasteiger partial charge >= 0.3 is 0 Å². The van der Waals surface area contributed by atoms with Crippen molar-refractivity contribution in [2.45, 2.75) is 0 Å². The minimum atomic E-state index is 0.423. The van der Waals surface area contributed by atoms with Crippen LogP contribution in [-0.4, -0.2) is 17.3 Å². The maximum Gasteiger partial charge on any atom is 0.248 e. The Balaban J connectivity index is 1.79. The van der Waals surface area contributed by atoms with Crippen molar-refractivity contribution in [2.24, 2.45) is 0 Å². The zero-order valence-corrected chi connectivity index (χ0v) is 10.8. The summed E-state index contributed by atoms with van der Waals surface area (Å²) in [7, 11) is 1.62. The number of benzene rings is 1. The van der Waals surface area contributed by atoms with E-state index in [2.05, 4.69) is 10.2 Å². The first kappa shape index (κ1) is 12.2. The Morgan fingerprint density at radius 2 is 1.90 bits per heavy atom. The fourth-order valence-corrected chi connectivity index (χ4v) is 1.69. The monoisotopic (exact) mass is 268 g/mol. The van der Waals surface area contributed by atoms with Gasteiger partial charge in [-0.1, -0.05) is 0 Å². The van der Waals surface area contributed by atoms with Crippen LogP contribution in [0.2, 0.25) is 0 Å². The van der Waals surface area contributed by atoms with Crippen molar-refractivity contribution in [1.29, 1.82) is 0 Å². The quantitative estimate of drug-likeness (QED) is 0.724. The van der Waals surface area contributed by atoms with Crippen LogP contribution >= 0.6 is 0 Å². The van der Waals surface area contributed by atoms with E-state index in [1.54, 1.807) is 25.5 Å². The molecule has 0 aliphatic heterocycles. The van der Waals surface area contributed by atoms with Crippen molar-refractivity contribution in [2.75, 3.05) is 7.11 Å². The molecule has 100 valence electrons. The van der Waals surface area contributed by atoms with E-state index >= 15 is 0 Å². The lowest BCUT2D eigenvalue weighted by Gasteiger charge is -1.98. The molecule has 0 aliphatic carbocycles. The van der Waals surface area contributed by atoms with Crippen LogP contribution in [0.25, 0.3) is 23.6 Å². The number of rotatable bonds is 4. The summed E-state index contributed by atoms with van der Waals surface area (Å²) in [6.07, 6.45) is 5.08. The van der Waals surface area contributed by atoms with Crippen molar-refractivity contribution < 1.29 is 13.6 Å². The van der Waals surface area contributed by atoms with Gasteiger partial charge in [0.05, 0.1) is 13.4 Å². The summed E-state index contributed by atoms with van der Waals surface area (Å²) in [4.78, 5) is 0. The number of aromatic nitrogens is 2. The van der Waals surface area contributed by atoms with E-state index in [1.807, 2.05) is 36.4 Å². The first-order chi connectivity index (χ1) is 9.85. The summed E-state index contributed by atoms with van der Waals surface area (Å²) in [6, 6.07) is 11.1. The van der Waals surface area contributed by atoms with Crippen LogP contribution in [0.4, 0.5) is 0 Å². The highest BCUT2D eigenvalue weighted by atomic mass is 16.5. The van der Waals surface area contributed by atoms with Crippen LogP contribution in [0.3, 0.4) is 0 Å². The van der Waals surface area contributed by atoms with Crippen LogP contribution in [0, 0.1) is 0 Å². The fraction of sp³-hybridized carbons (Fsp3) is 0.0667. The summed E-state index contributed by atoms with van der Waals surface area (Å²) in [6.45, 7) is 0. The van der Waals surface area contributed by atoms with Crippen LogP contribution in [0.5, 0.6) is 5.75 Å². The van der Waals surface area contributed by atoms with Gasteiger partial charge in [0, 0.05) is 11.6 Å². The Morgan fingerprint density at radius 3 is 2.60 bits per heavy atom. The van der Waals surface area contributed by atoms with Gasteiger partial charge in [0.25, 0.3) is 0 Å². The summed E-state index contributed by atoms with van der Waals surface area (Å²) in [5, 5.41) is 7.96. The second-order valence-electron chi connectivity index (χ2n) is 4.02. The van der Waals surface area contributed by atoms with E-state index in [-0.39, 0.29) is 0 Å². The van der Waals surface area contributed by atoms with E-state index in [1.165, 1.54) is 0 Å². The van der Waals surface area contributed by atoms with Crippen LogP contribution in [0.1, 0.15) is 11.7 Å². The van der Waals surface area contributed by atoms with Crippen LogP contribution in [-0.2, 0) is 0 Å². The largest absolute Gasteiger partial charge is 0.497 e. The maximum atomic E-state index is 5.55. The number of hydrogen-bond donors (Lipinski definition) is 0. The van der Waals surface area contributed by atoms with Gasteiger partial charge in [0.1, 0.15) is 11.5 Å². The molecule has 5 heteroatoms. The van der Waals surface area contributed by atoms with Gasteiger partial charge in [-0.05, 0) is 42.5 Å². The van der Waals surface area contributed by atoms with Gasteiger partial charge < -0.3 is 13.6 Å². The molecule has 0 spiro atoms. The number of methoxy groups -OCH3 is 1. The summed E-state index contributed by atoms with van der Waals surface area (Å²) in [5.41, 5.74) is 0.843. The molecular weight excluding hydrogens is 256 g/mol. The molecule has 2 aromatic heterocycles. The zero-order chi connectivity index (χ0) is 13.8. The number of furan rings is 1. The third-order valence-corrected chi connectivity index (χ3v) is 2.71. The van der Waals surface area contributed by atoms with Crippen LogP contribution in [0.15, 0.2) is 51.5 Å². The van der Waals surface area contributed by atoms with Gasteiger partial charge in [0.15, 0.2) is 0 Å². The maximum absolute atomic E-state index is 5.55. The van der Waals surface area contributed by atoms with E-state index < -0.39 is 0 Å².